The van der Waals surface area contributed by atoms with E-state index in [2.05, 4.69) is 31.2 Å². The van der Waals surface area contributed by atoms with E-state index in [1.807, 2.05) is 31.4 Å². The summed E-state index contributed by atoms with van der Waals surface area (Å²) >= 11 is 11.0. The van der Waals surface area contributed by atoms with Gasteiger partial charge in [0, 0.05) is 4.47 Å². The van der Waals surface area contributed by atoms with Gasteiger partial charge in [-0.25, -0.2) is 0 Å². The number of ether oxygens (including phenoxy) is 1. The van der Waals surface area contributed by atoms with Crippen LogP contribution in [0.3, 0.4) is 0 Å². The third-order valence-electron chi connectivity index (χ3n) is 3.20. The minimum Gasteiger partial charge on any atom is -0.484 e. The Morgan fingerprint density at radius 3 is 2.96 bits per heavy atom. The van der Waals surface area contributed by atoms with Gasteiger partial charge in [0.2, 0.25) is 5.16 Å². The van der Waals surface area contributed by atoms with Gasteiger partial charge in [0.05, 0.1) is 11.2 Å². The number of rotatable bonds is 6. The Morgan fingerprint density at radius 1 is 1.36 bits per heavy atom. The summed E-state index contributed by atoms with van der Waals surface area (Å²) in [6.45, 7) is 2.12. The normalized spacial score (nSPS) is 11.4. The quantitative estimate of drug-likeness (QED) is 0.407. The minimum atomic E-state index is 0.275. The van der Waals surface area contributed by atoms with E-state index in [9.17, 15) is 0 Å². The molecule has 0 saturated carbocycles. The number of aryl methyl sites for hydroxylation is 1. The topological polar surface area (TPSA) is 65.4 Å². The molecule has 0 radical (unpaired) electrons. The van der Waals surface area contributed by atoms with E-state index >= 15 is 0 Å². The van der Waals surface area contributed by atoms with Crippen LogP contribution < -0.4 is 4.74 Å². The van der Waals surface area contributed by atoms with E-state index < -0.39 is 0 Å². The van der Waals surface area contributed by atoms with Crippen molar-refractivity contribution in [1.82, 2.24) is 14.9 Å². The fourth-order valence-corrected chi connectivity index (χ4v) is 3.20. The lowest BCUT2D eigenvalue weighted by molar-refractivity contribution is 0.270. The molecule has 25 heavy (non-hydrogen) atoms. The first kappa shape index (κ1) is 18.0. The van der Waals surface area contributed by atoms with E-state index in [1.54, 1.807) is 23.0 Å². The maximum absolute atomic E-state index is 6.13. The number of aromatic nitrogens is 3. The molecule has 0 unspecified atom stereocenters. The highest BCUT2D eigenvalue weighted by atomic mass is 79.9. The first-order valence-electron chi connectivity index (χ1n) is 7.23. The maximum atomic E-state index is 6.13. The Labute approximate surface area is 162 Å². The highest BCUT2D eigenvalue weighted by Crippen LogP contribution is 2.28. The van der Waals surface area contributed by atoms with Gasteiger partial charge in [-0.05, 0) is 43.5 Å². The molecule has 2 aromatic heterocycles. The first-order chi connectivity index (χ1) is 12.1. The Balaban J connectivity index is 1.66. The monoisotopic (exact) mass is 440 g/mol. The summed E-state index contributed by atoms with van der Waals surface area (Å²) in [7, 11) is 0. The molecule has 0 spiro atoms. The van der Waals surface area contributed by atoms with Crippen molar-refractivity contribution in [3.63, 3.8) is 0 Å². The lowest BCUT2D eigenvalue weighted by Gasteiger charge is -2.06. The molecule has 0 aliphatic carbocycles. The number of furan rings is 1. The lowest BCUT2D eigenvalue weighted by atomic mass is 10.3. The van der Waals surface area contributed by atoms with Gasteiger partial charge in [-0.1, -0.05) is 39.3 Å². The van der Waals surface area contributed by atoms with Gasteiger partial charge >= 0.3 is 0 Å². The molecule has 9 heteroatoms. The average Bonchev–Trinajstić information content (AvgIpc) is 3.18. The number of thioether (sulfide) groups is 1. The third-order valence-corrected chi connectivity index (χ3v) is 4.61. The van der Waals surface area contributed by atoms with Gasteiger partial charge in [0.1, 0.15) is 23.9 Å². The van der Waals surface area contributed by atoms with Crippen molar-refractivity contribution in [2.45, 2.75) is 18.7 Å². The summed E-state index contributed by atoms with van der Waals surface area (Å²) < 4.78 is 13.9. The van der Waals surface area contributed by atoms with Crippen LogP contribution in [0.4, 0.5) is 0 Å². The van der Waals surface area contributed by atoms with Crippen LogP contribution in [0.15, 0.2) is 49.5 Å². The summed E-state index contributed by atoms with van der Waals surface area (Å²) in [5, 5.41) is 13.6. The van der Waals surface area contributed by atoms with Crippen LogP contribution in [0.2, 0.25) is 5.02 Å². The van der Waals surface area contributed by atoms with E-state index in [-0.39, 0.29) is 6.61 Å². The molecule has 2 heterocycles. The molecule has 3 aromatic rings. The largest absolute Gasteiger partial charge is 0.484 e. The van der Waals surface area contributed by atoms with Crippen LogP contribution in [0.5, 0.6) is 5.75 Å². The highest BCUT2D eigenvalue weighted by Gasteiger charge is 2.07. The second-order valence-electron chi connectivity index (χ2n) is 4.96. The van der Waals surface area contributed by atoms with Gasteiger partial charge in [-0.3, -0.25) is 0 Å². The molecule has 0 N–H and O–H groups in total. The maximum Gasteiger partial charge on any atom is 0.211 e. The third kappa shape index (κ3) is 4.45. The Kier molecular flexibility index (Phi) is 5.82. The summed E-state index contributed by atoms with van der Waals surface area (Å²) in [6, 6.07) is 9.11. The minimum absolute atomic E-state index is 0.275. The molecule has 130 valence electrons. The molecule has 0 aliphatic heterocycles. The Bertz CT molecular complexity index is 909. The predicted molar refractivity (Wildman–Crippen MR) is 102 cm³/mol. The number of hydrogen-bond acceptors (Lipinski definition) is 6. The molecule has 0 bridgehead atoms. The van der Waals surface area contributed by atoms with Crippen LogP contribution in [0, 0.1) is 6.92 Å². The van der Waals surface area contributed by atoms with Crippen LogP contribution >= 0.6 is 39.3 Å². The van der Waals surface area contributed by atoms with Gasteiger partial charge in [0.15, 0.2) is 5.82 Å². The summed E-state index contributed by atoms with van der Waals surface area (Å²) in [5.74, 6) is 2.59. The predicted octanol–water partition coefficient (Wildman–Crippen LogP) is 4.78. The SMILES string of the molecule is CSc1nnc(C)n1/N=C/c1ccc(COc2ccc(Br)cc2Cl)o1. The molecule has 0 atom stereocenters. The van der Waals surface area contributed by atoms with E-state index in [0.29, 0.717) is 33.3 Å². The van der Waals surface area contributed by atoms with Gasteiger partial charge in [-0.15, -0.1) is 10.2 Å². The van der Waals surface area contributed by atoms with Crippen molar-refractivity contribution in [3.8, 4) is 5.75 Å². The lowest BCUT2D eigenvalue weighted by Crippen LogP contribution is -1.95. The molecule has 0 fully saturated rings. The molecule has 1 aromatic carbocycles. The van der Waals surface area contributed by atoms with Crippen LogP contribution in [-0.4, -0.2) is 27.3 Å². The molecule has 3 rings (SSSR count). The molecular formula is C16H14BrClN4O2S. The van der Waals surface area contributed by atoms with Crippen molar-refractivity contribution in [3.05, 3.63) is 57.2 Å². The smallest absolute Gasteiger partial charge is 0.211 e. The van der Waals surface area contributed by atoms with Crippen molar-refractivity contribution in [2.24, 2.45) is 5.10 Å². The fourth-order valence-electron chi connectivity index (χ4n) is 2.00. The highest BCUT2D eigenvalue weighted by molar-refractivity contribution is 9.10. The zero-order chi connectivity index (χ0) is 17.8. The second kappa shape index (κ2) is 8.07. The summed E-state index contributed by atoms with van der Waals surface area (Å²) in [6.07, 6.45) is 3.54. The standard InChI is InChI=1S/C16H14BrClN4O2S/c1-10-20-21-16(25-2)22(10)19-8-12-4-5-13(24-12)9-23-15-6-3-11(17)7-14(15)18/h3-8H,9H2,1-2H3/b19-8+. The van der Waals surface area contributed by atoms with Crippen LogP contribution in [0.1, 0.15) is 17.3 Å². The van der Waals surface area contributed by atoms with Gasteiger partial charge in [0.25, 0.3) is 0 Å². The van der Waals surface area contributed by atoms with E-state index in [1.165, 1.54) is 11.8 Å². The Morgan fingerprint density at radius 2 is 2.20 bits per heavy atom. The Hall–Kier alpha value is -1.77. The molecule has 0 aliphatic rings. The molecule has 0 saturated heterocycles. The second-order valence-corrected chi connectivity index (χ2v) is 7.05. The van der Waals surface area contributed by atoms with Crippen LogP contribution in [-0.2, 0) is 6.61 Å². The zero-order valence-corrected chi connectivity index (χ0v) is 16.6. The number of hydrogen-bond donors (Lipinski definition) is 0. The van der Waals surface area contributed by atoms with Gasteiger partial charge in [-0.2, -0.15) is 9.78 Å². The molecule has 0 amide bonds. The fraction of sp³-hybridized carbons (Fsp3) is 0.188. The number of benzene rings is 1. The zero-order valence-electron chi connectivity index (χ0n) is 13.4. The number of halogens is 2. The average molecular weight is 442 g/mol. The van der Waals surface area contributed by atoms with Crippen molar-refractivity contribution in [2.75, 3.05) is 6.26 Å². The summed E-state index contributed by atoms with van der Waals surface area (Å²) in [4.78, 5) is 0. The summed E-state index contributed by atoms with van der Waals surface area (Å²) in [5.41, 5.74) is 0. The van der Waals surface area contributed by atoms with E-state index in [0.717, 1.165) is 4.47 Å². The van der Waals surface area contributed by atoms with Crippen molar-refractivity contribution in [1.29, 1.82) is 0 Å². The van der Waals surface area contributed by atoms with Crippen molar-refractivity contribution < 1.29 is 9.15 Å². The molecular weight excluding hydrogens is 428 g/mol. The van der Waals surface area contributed by atoms with Crippen molar-refractivity contribution >= 4 is 45.5 Å². The van der Waals surface area contributed by atoms with Crippen LogP contribution in [0.25, 0.3) is 0 Å². The van der Waals surface area contributed by atoms with Gasteiger partial charge < -0.3 is 9.15 Å². The molecule has 6 nitrogen and oxygen atoms in total. The van der Waals surface area contributed by atoms with E-state index in [4.69, 9.17) is 20.8 Å². The number of nitrogens with zero attached hydrogens (tertiary/aromatic N) is 4. The first-order valence-corrected chi connectivity index (χ1v) is 9.63.